The quantitative estimate of drug-likeness (QED) is 0.520. The van der Waals surface area contributed by atoms with E-state index in [-0.39, 0.29) is 22.6 Å². The number of carboxylic acid groups (broad SMARTS) is 1. The highest BCUT2D eigenvalue weighted by Crippen LogP contribution is 2.24. The van der Waals surface area contributed by atoms with Crippen molar-refractivity contribution in [1.29, 1.82) is 0 Å². The lowest BCUT2D eigenvalue weighted by molar-refractivity contribution is 0.0659. The van der Waals surface area contributed by atoms with Gasteiger partial charge in [-0.1, -0.05) is 55.8 Å². The van der Waals surface area contributed by atoms with Gasteiger partial charge in [0, 0.05) is 31.9 Å². The first kappa shape index (κ1) is 25.4. The summed E-state index contributed by atoms with van der Waals surface area (Å²) in [5.41, 5.74) is 3.48. The van der Waals surface area contributed by atoms with Crippen LogP contribution in [0.2, 0.25) is 0 Å². The molecular weight excluding hydrogens is 454 g/mol. The van der Waals surface area contributed by atoms with Crippen LogP contribution in [0.1, 0.15) is 51.7 Å². The van der Waals surface area contributed by atoms with Gasteiger partial charge >= 0.3 is 5.97 Å². The highest BCUT2D eigenvalue weighted by molar-refractivity contribution is 5.96. The van der Waals surface area contributed by atoms with Crippen LogP contribution in [0.4, 0.5) is 0 Å². The monoisotopic (exact) mass is 487 g/mol. The number of hydrogen-bond donors (Lipinski definition) is 1. The van der Waals surface area contributed by atoms with Crippen molar-refractivity contribution in [3.05, 3.63) is 93.4 Å². The number of aryl methyl sites for hydroxylation is 1. The van der Waals surface area contributed by atoms with E-state index >= 15 is 0 Å². The molecule has 3 aromatic rings. The van der Waals surface area contributed by atoms with Gasteiger partial charge in [-0.25, -0.2) is 4.79 Å². The van der Waals surface area contributed by atoms with Crippen molar-refractivity contribution in [2.45, 2.75) is 32.7 Å². The highest BCUT2D eigenvalue weighted by atomic mass is 16.4. The Kier molecular flexibility index (Phi) is 8.00. The number of piperazine rings is 1. The zero-order valence-corrected chi connectivity index (χ0v) is 20.9. The summed E-state index contributed by atoms with van der Waals surface area (Å²) in [5, 5.41) is 9.51. The summed E-state index contributed by atoms with van der Waals surface area (Å²) >= 11 is 0. The lowest BCUT2D eigenvalue weighted by Crippen LogP contribution is -2.48. The fourth-order valence-corrected chi connectivity index (χ4v) is 4.60. The summed E-state index contributed by atoms with van der Waals surface area (Å²) in [6.45, 7) is 5.29. The maximum Gasteiger partial charge on any atom is 0.336 e. The average Bonchev–Trinajstić information content (AvgIpc) is 2.89. The fourth-order valence-electron chi connectivity index (χ4n) is 4.60. The lowest BCUT2D eigenvalue weighted by atomic mass is 9.98. The smallest absolute Gasteiger partial charge is 0.336 e. The molecule has 0 spiro atoms. The molecule has 0 aliphatic carbocycles. The summed E-state index contributed by atoms with van der Waals surface area (Å²) in [4.78, 5) is 42.3. The molecule has 2 aromatic carbocycles. The predicted molar refractivity (Wildman–Crippen MR) is 141 cm³/mol. The fraction of sp³-hybridized carbons (Fsp3) is 0.345. The van der Waals surface area contributed by atoms with Crippen LogP contribution in [-0.4, -0.2) is 64.6 Å². The maximum atomic E-state index is 13.6. The number of carbonyl (C=O) groups is 2. The Morgan fingerprint density at radius 1 is 0.889 bits per heavy atom. The summed E-state index contributed by atoms with van der Waals surface area (Å²) in [5.74, 6) is -1.17. The van der Waals surface area contributed by atoms with Crippen LogP contribution in [-0.2, 0) is 13.0 Å². The highest BCUT2D eigenvalue weighted by Gasteiger charge is 2.24. The molecule has 36 heavy (non-hydrogen) atoms. The first-order valence-electron chi connectivity index (χ1n) is 12.5. The van der Waals surface area contributed by atoms with Crippen molar-refractivity contribution in [3.8, 4) is 11.1 Å². The van der Waals surface area contributed by atoms with Crippen molar-refractivity contribution in [3.63, 3.8) is 0 Å². The SMILES string of the molecule is CCCCc1ccc(C(=O)N2CCN(C)CC2)c(=O)n1Cc1ccc(-c2ccccc2C(=O)O)cc1. The number of aromatic carboxylic acids is 1. The lowest BCUT2D eigenvalue weighted by Gasteiger charge is -2.32. The van der Waals surface area contributed by atoms with Crippen molar-refractivity contribution in [2.75, 3.05) is 33.2 Å². The Morgan fingerprint density at radius 3 is 2.25 bits per heavy atom. The average molecular weight is 488 g/mol. The van der Waals surface area contributed by atoms with Gasteiger partial charge in [-0.3, -0.25) is 9.59 Å². The van der Waals surface area contributed by atoms with Gasteiger partial charge < -0.3 is 19.5 Å². The van der Waals surface area contributed by atoms with E-state index in [4.69, 9.17) is 0 Å². The van der Waals surface area contributed by atoms with E-state index in [1.165, 1.54) is 0 Å². The molecule has 0 saturated carbocycles. The van der Waals surface area contributed by atoms with Crippen molar-refractivity contribution < 1.29 is 14.7 Å². The van der Waals surface area contributed by atoms with Crippen LogP contribution in [0.3, 0.4) is 0 Å². The molecule has 0 radical (unpaired) electrons. The molecule has 1 aliphatic rings. The third-order valence-corrected chi connectivity index (χ3v) is 6.84. The summed E-state index contributed by atoms with van der Waals surface area (Å²) in [6, 6.07) is 18.1. The van der Waals surface area contributed by atoms with Crippen LogP contribution >= 0.6 is 0 Å². The van der Waals surface area contributed by atoms with Crippen LogP contribution in [0.5, 0.6) is 0 Å². The number of carbonyl (C=O) groups excluding carboxylic acids is 1. The van der Waals surface area contributed by atoms with Gasteiger partial charge in [-0.05, 0) is 54.8 Å². The van der Waals surface area contributed by atoms with Gasteiger partial charge in [0.05, 0.1) is 12.1 Å². The molecule has 2 heterocycles. The van der Waals surface area contributed by atoms with Gasteiger partial charge in [0.2, 0.25) is 0 Å². The molecule has 7 nitrogen and oxygen atoms in total. The number of rotatable bonds is 8. The number of carboxylic acids is 1. The first-order valence-corrected chi connectivity index (χ1v) is 12.5. The molecule has 0 unspecified atom stereocenters. The molecule has 1 aliphatic heterocycles. The van der Waals surface area contributed by atoms with Gasteiger partial charge in [-0.2, -0.15) is 0 Å². The molecule has 1 saturated heterocycles. The summed E-state index contributed by atoms with van der Waals surface area (Å²) < 4.78 is 1.72. The Hall–Kier alpha value is -3.71. The number of aromatic nitrogens is 1. The van der Waals surface area contributed by atoms with Crippen LogP contribution in [0, 0.1) is 0 Å². The number of pyridine rings is 1. The van der Waals surface area contributed by atoms with Gasteiger partial charge in [0.1, 0.15) is 5.56 Å². The molecule has 1 amide bonds. The second kappa shape index (κ2) is 11.4. The Morgan fingerprint density at radius 2 is 1.58 bits per heavy atom. The van der Waals surface area contributed by atoms with E-state index in [9.17, 15) is 19.5 Å². The minimum atomic E-state index is -0.969. The predicted octanol–water partition coefficient (Wildman–Crippen LogP) is 3.99. The standard InChI is InChI=1S/C29H33N3O4/c1-3-4-7-23-14-15-26(27(33)31-18-16-30(2)17-19-31)28(34)32(23)20-21-10-12-22(13-11-21)24-8-5-6-9-25(24)29(35)36/h5-6,8-15H,3-4,7,16-20H2,1-2H3,(H,35,36). The van der Waals surface area contributed by atoms with E-state index in [1.807, 2.05) is 43.4 Å². The summed E-state index contributed by atoms with van der Waals surface area (Å²) in [6.07, 6.45) is 2.72. The van der Waals surface area contributed by atoms with E-state index < -0.39 is 5.97 Å². The molecular formula is C29H33N3O4. The number of hydrogen-bond acceptors (Lipinski definition) is 4. The topological polar surface area (TPSA) is 82.9 Å². The Bertz CT molecular complexity index is 1290. The number of benzene rings is 2. The number of unbranched alkanes of at least 4 members (excludes halogenated alkanes) is 1. The van der Waals surface area contributed by atoms with E-state index in [2.05, 4.69) is 11.8 Å². The second-order valence-electron chi connectivity index (χ2n) is 9.38. The minimum absolute atomic E-state index is 0.204. The normalized spacial score (nSPS) is 14.1. The second-order valence-corrected chi connectivity index (χ2v) is 9.38. The van der Waals surface area contributed by atoms with Crippen molar-refractivity contribution in [2.24, 2.45) is 0 Å². The summed E-state index contributed by atoms with van der Waals surface area (Å²) in [7, 11) is 2.03. The van der Waals surface area contributed by atoms with E-state index in [0.717, 1.165) is 49.2 Å². The molecule has 1 aromatic heterocycles. The zero-order valence-electron chi connectivity index (χ0n) is 20.9. The van der Waals surface area contributed by atoms with Crippen LogP contribution in [0.25, 0.3) is 11.1 Å². The third-order valence-electron chi connectivity index (χ3n) is 6.84. The molecule has 0 atom stereocenters. The molecule has 4 rings (SSSR count). The Balaban J connectivity index is 1.63. The third kappa shape index (κ3) is 5.57. The zero-order chi connectivity index (χ0) is 25.7. The van der Waals surface area contributed by atoms with E-state index in [1.54, 1.807) is 33.7 Å². The largest absolute Gasteiger partial charge is 0.478 e. The molecule has 1 N–H and O–H groups in total. The van der Waals surface area contributed by atoms with Crippen LogP contribution < -0.4 is 5.56 Å². The van der Waals surface area contributed by atoms with Crippen molar-refractivity contribution >= 4 is 11.9 Å². The first-order chi connectivity index (χ1) is 17.4. The molecule has 188 valence electrons. The van der Waals surface area contributed by atoms with Gasteiger partial charge in [0.25, 0.3) is 11.5 Å². The van der Waals surface area contributed by atoms with Gasteiger partial charge in [-0.15, -0.1) is 0 Å². The number of amides is 1. The number of likely N-dealkylation sites (N-methyl/N-ethyl adjacent to an activating group) is 1. The molecule has 7 heteroatoms. The maximum absolute atomic E-state index is 13.6. The Labute approximate surface area is 211 Å². The van der Waals surface area contributed by atoms with Gasteiger partial charge in [0.15, 0.2) is 0 Å². The van der Waals surface area contributed by atoms with Crippen molar-refractivity contribution in [1.82, 2.24) is 14.4 Å². The van der Waals surface area contributed by atoms with E-state index in [0.29, 0.717) is 25.2 Å². The number of nitrogens with zero attached hydrogens (tertiary/aromatic N) is 3. The van der Waals surface area contributed by atoms with Crippen LogP contribution in [0.15, 0.2) is 65.5 Å². The molecule has 1 fully saturated rings. The minimum Gasteiger partial charge on any atom is -0.478 e. The molecule has 0 bridgehead atoms.